The molecule has 0 radical (unpaired) electrons. The lowest BCUT2D eigenvalue weighted by atomic mass is 10.1. The summed E-state index contributed by atoms with van der Waals surface area (Å²) in [6, 6.07) is 3.87. The normalized spacial score (nSPS) is 14.4. The zero-order valence-electron chi connectivity index (χ0n) is 10.6. The van der Waals surface area contributed by atoms with Gasteiger partial charge in [0.2, 0.25) is 0 Å². The van der Waals surface area contributed by atoms with Crippen molar-refractivity contribution in [1.82, 2.24) is 9.13 Å². The highest BCUT2D eigenvalue weighted by Crippen LogP contribution is 2.33. The minimum Gasteiger partial charge on any atom is -0.478 e. The third-order valence-corrected chi connectivity index (χ3v) is 3.37. The van der Waals surface area contributed by atoms with E-state index in [1.807, 2.05) is 0 Å². The van der Waals surface area contributed by atoms with Gasteiger partial charge in [0.1, 0.15) is 5.82 Å². The van der Waals surface area contributed by atoms with Crippen LogP contribution in [-0.4, -0.2) is 20.2 Å². The maximum absolute atomic E-state index is 13.4. The fraction of sp³-hybridized carbons (Fsp3) is 0.286. The number of hydrogen-bond acceptors (Lipinski definition) is 2. The number of halogens is 1. The molecule has 1 heterocycles. The fourth-order valence-electron chi connectivity index (χ4n) is 2.24. The zero-order valence-corrected chi connectivity index (χ0v) is 10.6. The Bertz CT molecular complexity index is 728. The molecule has 0 unspecified atom stereocenters. The molecule has 0 saturated heterocycles. The first-order valence-corrected chi connectivity index (χ1v) is 6.34. The lowest BCUT2D eigenvalue weighted by molar-refractivity contribution is 0.0696. The Morgan fingerprint density at radius 3 is 2.70 bits per heavy atom. The van der Waals surface area contributed by atoms with E-state index >= 15 is 0 Å². The van der Waals surface area contributed by atoms with Gasteiger partial charge in [0.25, 0.3) is 0 Å². The number of rotatable bonds is 4. The van der Waals surface area contributed by atoms with Gasteiger partial charge in [0, 0.05) is 18.4 Å². The van der Waals surface area contributed by atoms with Crippen molar-refractivity contribution < 1.29 is 14.3 Å². The molecule has 1 N–H and O–H groups in total. The molecule has 1 aromatic carbocycles. The summed E-state index contributed by atoms with van der Waals surface area (Å²) in [5, 5.41) is 8.90. The van der Waals surface area contributed by atoms with Crippen LogP contribution < -0.4 is 5.69 Å². The van der Waals surface area contributed by atoms with Crippen molar-refractivity contribution in [1.29, 1.82) is 0 Å². The van der Waals surface area contributed by atoms with Crippen molar-refractivity contribution in [3.05, 3.63) is 58.0 Å². The van der Waals surface area contributed by atoms with E-state index in [1.165, 1.54) is 16.7 Å². The molecular weight excluding hydrogens is 263 g/mol. The standard InChI is InChI=1S/C14H13FN2O3/c15-11-6-9(5-10(7-11)13(18)19)8-16-3-4-17(14(16)20)12-1-2-12/h3-7,12H,1-2,8H2,(H,18,19). The van der Waals surface area contributed by atoms with Gasteiger partial charge < -0.3 is 5.11 Å². The smallest absolute Gasteiger partial charge is 0.335 e. The SMILES string of the molecule is O=C(O)c1cc(F)cc(Cn2ccn(C3CC3)c2=O)c1. The molecule has 3 rings (SSSR count). The van der Waals surface area contributed by atoms with Crippen LogP contribution in [0.1, 0.15) is 34.8 Å². The molecule has 5 nitrogen and oxygen atoms in total. The molecule has 0 bridgehead atoms. The van der Waals surface area contributed by atoms with E-state index in [4.69, 9.17) is 5.11 Å². The quantitative estimate of drug-likeness (QED) is 0.927. The molecule has 0 aliphatic heterocycles. The van der Waals surface area contributed by atoms with Gasteiger partial charge in [-0.05, 0) is 36.6 Å². The van der Waals surface area contributed by atoms with Crippen LogP contribution in [-0.2, 0) is 6.54 Å². The van der Waals surface area contributed by atoms with Gasteiger partial charge in [-0.25, -0.2) is 14.0 Å². The maximum atomic E-state index is 13.4. The van der Waals surface area contributed by atoms with Crippen LogP contribution in [0.4, 0.5) is 4.39 Å². The van der Waals surface area contributed by atoms with Crippen molar-refractivity contribution in [3.63, 3.8) is 0 Å². The van der Waals surface area contributed by atoms with E-state index in [2.05, 4.69) is 0 Å². The minimum atomic E-state index is -1.19. The second kappa shape index (κ2) is 4.63. The van der Waals surface area contributed by atoms with Crippen LogP contribution in [0.2, 0.25) is 0 Å². The Balaban J connectivity index is 1.91. The fourth-order valence-corrected chi connectivity index (χ4v) is 2.24. The van der Waals surface area contributed by atoms with Gasteiger partial charge in [-0.2, -0.15) is 0 Å². The lowest BCUT2D eigenvalue weighted by Gasteiger charge is -2.04. The molecule has 1 aromatic heterocycles. The summed E-state index contributed by atoms with van der Waals surface area (Å²) in [6.07, 6.45) is 5.38. The Morgan fingerprint density at radius 2 is 2.05 bits per heavy atom. The molecular formula is C14H13FN2O3. The van der Waals surface area contributed by atoms with Gasteiger partial charge in [0.05, 0.1) is 12.1 Å². The van der Waals surface area contributed by atoms with Gasteiger partial charge in [0.15, 0.2) is 0 Å². The average molecular weight is 276 g/mol. The van der Waals surface area contributed by atoms with Crippen LogP contribution >= 0.6 is 0 Å². The molecule has 0 spiro atoms. The van der Waals surface area contributed by atoms with Crippen molar-refractivity contribution >= 4 is 5.97 Å². The number of nitrogens with zero attached hydrogens (tertiary/aromatic N) is 2. The molecule has 0 amide bonds. The van der Waals surface area contributed by atoms with E-state index in [-0.39, 0.29) is 23.8 Å². The molecule has 0 atom stereocenters. The summed E-state index contributed by atoms with van der Waals surface area (Å²) >= 11 is 0. The van der Waals surface area contributed by atoms with E-state index in [0.29, 0.717) is 5.56 Å². The second-order valence-electron chi connectivity index (χ2n) is 5.00. The Labute approximate surface area is 113 Å². The van der Waals surface area contributed by atoms with Crippen LogP contribution in [0.3, 0.4) is 0 Å². The molecule has 1 aliphatic carbocycles. The number of carboxylic acids is 1. The highest BCUT2D eigenvalue weighted by Gasteiger charge is 2.25. The monoisotopic (exact) mass is 276 g/mol. The van der Waals surface area contributed by atoms with Crippen LogP contribution in [0.5, 0.6) is 0 Å². The van der Waals surface area contributed by atoms with Crippen molar-refractivity contribution in [2.24, 2.45) is 0 Å². The van der Waals surface area contributed by atoms with E-state index in [1.54, 1.807) is 17.0 Å². The van der Waals surface area contributed by atoms with Crippen molar-refractivity contribution in [2.75, 3.05) is 0 Å². The Hall–Kier alpha value is -2.37. The first-order valence-electron chi connectivity index (χ1n) is 6.34. The van der Waals surface area contributed by atoms with Crippen molar-refractivity contribution in [2.45, 2.75) is 25.4 Å². The largest absolute Gasteiger partial charge is 0.478 e. The zero-order chi connectivity index (χ0) is 14.3. The Morgan fingerprint density at radius 1 is 1.30 bits per heavy atom. The molecule has 2 aromatic rings. The van der Waals surface area contributed by atoms with Gasteiger partial charge in [-0.15, -0.1) is 0 Å². The number of carboxylic acid groups (broad SMARTS) is 1. The van der Waals surface area contributed by atoms with E-state index in [0.717, 1.165) is 18.9 Å². The summed E-state index contributed by atoms with van der Waals surface area (Å²) in [7, 11) is 0. The summed E-state index contributed by atoms with van der Waals surface area (Å²) in [5.74, 6) is -1.80. The minimum absolute atomic E-state index is 0.116. The summed E-state index contributed by atoms with van der Waals surface area (Å²) in [5.41, 5.74) is 0.196. The first kappa shape index (κ1) is 12.7. The number of carbonyl (C=O) groups is 1. The average Bonchev–Trinajstić information content (AvgIpc) is 3.16. The van der Waals surface area contributed by atoms with Crippen LogP contribution in [0.15, 0.2) is 35.4 Å². The molecule has 6 heteroatoms. The molecule has 20 heavy (non-hydrogen) atoms. The summed E-state index contributed by atoms with van der Waals surface area (Å²) in [4.78, 5) is 23.0. The van der Waals surface area contributed by atoms with Crippen LogP contribution in [0, 0.1) is 5.82 Å². The highest BCUT2D eigenvalue weighted by molar-refractivity contribution is 5.87. The van der Waals surface area contributed by atoms with Gasteiger partial charge in [-0.1, -0.05) is 0 Å². The third kappa shape index (κ3) is 2.36. The van der Waals surface area contributed by atoms with E-state index < -0.39 is 11.8 Å². The second-order valence-corrected chi connectivity index (χ2v) is 5.00. The number of aromatic nitrogens is 2. The molecule has 1 saturated carbocycles. The van der Waals surface area contributed by atoms with Crippen molar-refractivity contribution in [3.8, 4) is 0 Å². The predicted octanol–water partition coefficient (Wildman–Crippen LogP) is 1.87. The summed E-state index contributed by atoms with van der Waals surface area (Å²) < 4.78 is 16.5. The third-order valence-electron chi connectivity index (χ3n) is 3.37. The predicted molar refractivity (Wildman–Crippen MR) is 69.4 cm³/mol. The molecule has 1 fully saturated rings. The number of imidazole rings is 1. The first-order chi connectivity index (χ1) is 9.54. The Kier molecular flexibility index (Phi) is 2.93. The topological polar surface area (TPSA) is 64.2 Å². The maximum Gasteiger partial charge on any atom is 0.335 e. The van der Waals surface area contributed by atoms with Gasteiger partial charge >= 0.3 is 11.7 Å². The van der Waals surface area contributed by atoms with Gasteiger partial charge in [-0.3, -0.25) is 9.13 Å². The number of hydrogen-bond donors (Lipinski definition) is 1. The van der Waals surface area contributed by atoms with E-state index in [9.17, 15) is 14.0 Å². The highest BCUT2D eigenvalue weighted by atomic mass is 19.1. The lowest BCUT2D eigenvalue weighted by Crippen LogP contribution is -2.23. The molecule has 1 aliphatic rings. The molecule has 104 valence electrons. The summed E-state index contributed by atoms with van der Waals surface area (Å²) in [6.45, 7) is 0.163. The number of benzene rings is 1. The number of aromatic carboxylic acids is 1. The van der Waals surface area contributed by atoms with Crippen LogP contribution in [0.25, 0.3) is 0 Å².